The maximum Gasteiger partial charge on any atom is 0.225 e. The molecule has 0 N–H and O–H groups in total. The van der Waals surface area contributed by atoms with E-state index in [9.17, 15) is 4.55 Å². The lowest BCUT2D eigenvalue weighted by Crippen LogP contribution is -2.36. The van der Waals surface area contributed by atoms with Crippen molar-refractivity contribution in [1.29, 1.82) is 0 Å². The van der Waals surface area contributed by atoms with Crippen LogP contribution < -0.4 is 9.64 Å². The molecular weight excluding hydrogens is 432 g/mol. The number of hydrogen-bond acceptors (Lipinski definition) is 6. The van der Waals surface area contributed by atoms with Gasteiger partial charge in [-0.05, 0) is 64.3 Å². The third-order valence-electron chi connectivity index (χ3n) is 5.45. The topological polar surface area (TPSA) is 73.7 Å². The SMILES string of the molecule is CC(C)Oc1ccc(-c2ccnc(N3CCC(=N[S+]([O-])C(C)(C)C)CC3)n2)cc1C(C)(C)C. The summed E-state index contributed by atoms with van der Waals surface area (Å²) < 4.78 is 22.6. The summed E-state index contributed by atoms with van der Waals surface area (Å²) in [6, 6.07) is 8.27. The Morgan fingerprint density at radius 1 is 1.06 bits per heavy atom. The Hall–Kier alpha value is -2.12. The fraction of sp³-hybridized carbons (Fsp3) is 0.577. The van der Waals surface area contributed by atoms with Gasteiger partial charge in [0.1, 0.15) is 21.9 Å². The molecule has 2 aromatic rings. The first kappa shape index (κ1) is 25.5. The van der Waals surface area contributed by atoms with Gasteiger partial charge in [0.2, 0.25) is 5.95 Å². The normalized spacial score (nSPS) is 16.2. The molecule has 7 heteroatoms. The Morgan fingerprint density at radius 3 is 2.30 bits per heavy atom. The molecule has 6 nitrogen and oxygen atoms in total. The molecule has 180 valence electrons. The van der Waals surface area contributed by atoms with Gasteiger partial charge < -0.3 is 14.2 Å². The minimum Gasteiger partial charge on any atom is -0.591 e. The summed E-state index contributed by atoms with van der Waals surface area (Å²) in [5.74, 6) is 1.65. The summed E-state index contributed by atoms with van der Waals surface area (Å²) in [5.41, 5.74) is 4.09. The maximum atomic E-state index is 12.3. The van der Waals surface area contributed by atoms with Crippen LogP contribution in [0.1, 0.15) is 73.8 Å². The van der Waals surface area contributed by atoms with Crippen LogP contribution in [-0.2, 0) is 16.8 Å². The van der Waals surface area contributed by atoms with Crippen LogP contribution in [0.5, 0.6) is 5.75 Å². The monoisotopic (exact) mass is 470 g/mol. The predicted molar refractivity (Wildman–Crippen MR) is 139 cm³/mol. The second-order valence-electron chi connectivity index (χ2n) is 10.9. The third kappa shape index (κ3) is 6.70. The number of benzene rings is 1. The second-order valence-corrected chi connectivity index (χ2v) is 12.8. The molecule has 1 atom stereocenters. The second kappa shape index (κ2) is 10.0. The third-order valence-corrected chi connectivity index (χ3v) is 6.92. The summed E-state index contributed by atoms with van der Waals surface area (Å²) in [6.45, 7) is 18.1. The van der Waals surface area contributed by atoms with Gasteiger partial charge in [-0.25, -0.2) is 9.97 Å². The summed E-state index contributed by atoms with van der Waals surface area (Å²) in [5, 5.41) is 0. The summed E-state index contributed by atoms with van der Waals surface area (Å²) >= 11 is -1.21. The largest absolute Gasteiger partial charge is 0.591 e. The van der Waals surface area contributed by atoms with Crippen molar-refractivity contribution in [2.45, 2.75) is 84.5 Å². The highest BCUT2D eigenvalue weighted by atomic mass is 32.2. The van der Waals surface area contributed by atoms with Crippen LogP contribution in [0.15, 0.2) is 34.9 Å². The Kier molecular flexibility index (Phi) is 7.74. The molecular formula is C26H38N4O2S. The van der Waals surface area contributed by atoms with Crippen molar-refractivity contribution in [3.63, 3.8) is 0 Å². The molecule has 1 unspecified atom stereocenters. The first-order valence-corrected chi connectivity index (χ1v) is 12.8. The van der Waals surface area contributed by atoms with Gasteiger partial charge in [0.25, 0.3) is 0 Å². The zero-order chi connectivity index (χ0) is 24.4. The molecule has 1 aromatic heterocycles. The van der Waals surface area contributed by atoms with Crippen molar-refractivity contribution in [3.05, 3.63) is 36.0 Å². The quantitative estimate of drug-likeness (QED) is 0.522. The first-order valence-electron chi connectivity index (χ1n) is 11.7. The minimum absolute atomic E-state index is 0.0498. The molecule has 1 aromatic carbocycles. The van der Waals surface area contributed by atoms with Crippen molar-refractivity contribution >= 4 is 23.0 Å². The van der Waals surface area contributed by atoms with Gasteiger partial charge in [0.15, 0.2) is 0 Å². The van der Waals surface area contributed by atoms with Crippen LogP contribution in [0.3, 0.4) is 0 Å². The van der Waals surface area contributed by atoms with Crippen molar-refractivity contribution in [2.24, 2.45) is 4.40 Å². The highest BCUT2D eigenvalue weighted by Gasteiger charge is 2.28. The van der Waals surface area contributed by atoms with Gasteiger partial charge in [-0.15, -0.1) is 0 Å². The molecule has 3 rings (SSSR count). The lowest BCUT2D eigenvalue weighted by atomic mass is 9.85. The van der Waals surface area contributed by atoms with Crippen LogP contribution >= 0.6 is 0 Å². The number of rotatable bonds is 5. The predicted octanol–water partition coefficient (Wildman–Crippen LogP) is 5.73. The molecule has 0 aliphatic carbocycles. The van der Waals surface area contributed by atoms with E-state index in [2.05, 4.69) is 53.3 Å². The summed E-state index contributed by atoms with van der Waals surface area (Å²) in [7, 11) is 0. The van der Waals surface area contributed by atoms with Gasteiger partial charge in [-0.3, -0.25) is 0 Å². The fourth-order valence-electron chi connectivity index (χ4n) is 3.60. The lowest BCUT2D eigenvalue weighted by molar-refractivity contribution is 0.236. The highest BCUT2D eigenvalue weighted by molar-refractivity contribution is 7.91. The van der Waals surface area contributed by atoms with E-state index in [1.165, 1.54) is 5.56 Å². The Bertz CT molecular complexity index is 983. The Morgan fingerprint density at radius 2 is 1.73 bits per heavy atom. The van der Waals surface area contributed by atoms with E-state index >= 15 is 0 Å². The van der Waals surface area contributed by atoms with Crippen LogP contribution in [0, 0.1) is 0 Å². The zero-order valence-electron chi connectivity index (χ0n) is 21.3. The molecule has 0 amide bonds. The van der Waals surface area contributed by atoms with Gasteiger partial charge >= 0.3 is 0 Å². The standard InChI is InChI=1S/C26H38N4O2S/c1-18(2)32-23-10-9-19(17-21(23)25(3,4)5)22-11-14-27-24(28-22)30-15-12-20(13-16-30)29-33(31)26(6,7)8/h9-11,14,17-18H,12-13,15-16H2,1-8H3. The number of ether oxygens (including phenoxy) is 1. The highest BCUT2D eigenvalue weighted by Crippen LogP contribution is 2.35. The van der Waals surface area contributed by atoms with Crippen LogP contribution in [0.4, 0.5) is 5.95 Å². The smallest absolute Gasteiger partial charge is 0.225 e. The van der Waals surface area contributed by atoms with E-state index < -0.39 is 11.4 Å². The molecule has 33 heavy (non-hydrogen) atoms. The van der Waals surface area contributed by atoms with Crippen molar-refractivity contribution in [2.75, 3.05) is 18.0 Å². The van der Waals surface area contributed by atoms with Gasteiger partial charge in [0, 0.05) is 43.3 Å². The number of piperidine rings is 1. The molecule has 1 aliphatic rings. The van der Waals surface area contributed by atoms with E-state index in [-0.39, 0.29) is 16.3 Å². The van der Waals surface area contributed by atoms with E-state index in [1.54, 1.807) is 0 Å². The number of anilines is 1. The van der Waals surface area contributed by atoms with Crippen molar-refractivity contribution < 1.29 is 9.29 Å². The van der Waals surface area contributed by atoms with E-state index in [4.69, 9.17) is 9.72 Å². The molecule has 0 bridgehead atoms. The minimum atomic E-state index is -1.21. The number of nitrogens with zero attached hydrogens (tertiary/aromatic N) is 4. The molecule has 1 aliphatic heterocycles. The molecule has 1 saturated heterocycles. The molecule has 1 fully saturated rings. The van der Waals surface area contributed by atoms with E-state index in [0.29, 0.717) is 0 Å². The van der Waals surface area contributed by atoms with E-state index in [1.807, 2.05) is 46.9 Å². The van der Waals surface area contributed by atoms with Crippen LogP contribution in [0.25, 0.3) is 11.3 Å². The fourth-order valence-corrected chi connectivity index (χ4v) is 4.29. The number of hydrogen-bond donors (Lipinski definition) is 0. The zero-order valence-corrected chi connectivity index (χ0v) is 22.1. The van der Waals surface area contributed by atoms with Gasteiger partial charge in [-0.1, -0.05) is 25.2 Å². The van der Waals surface area contributed by atoms with Gasteiger partial charge in [-0.2, -0.15) is 0 Å². The van der Waals surface area contributed by atoms with Crippen LogP contribution in [0.2, 0.25) is 0 Å². The average Bonchev–Trinajstić information content (AvgIpc) is 2.73. The molecule has 2 heterocycles. The Labute approximate surface area is 202 Å². The number of aromatic nitrogens is 2. The van der Waals surface area contributed by atoms with E-state index in [0.717, 1.165) is 54.6 Å². The maximum absolute atomic E-state index is 12.3. The molecule has 0 spiro atoms. The molecule has 0 saturated carbocycles. The van der Waals surface area contributed by atoms with Crippen molar-refractivity contribution in [1.82, 2.24) is 9.97 Å². The van der Waals surface area contributed by atoms with Crippen LogP contribution in [-0.4, -0.2) is 44.2 Å². The summed E-state index contributed by atoms with van der Waals surface area (Å²) in [4.78, 5) is 11.6. The molecule has 0 radical (unpaired) electrons. The average molecular weight is 471 g/mol. The first-order chi connectivity index (χ1) is 15.3. The summed E-state index contributed by atoms with van der Waals surface area (Å²) in [6.07, 6.45) is 3.51. The van der Waals surface area contributed by atoms with Crippen molar-refractivity contribution in [3.8, 4) is 17.0 Å². The van der Waals surface area contributed by atoms with Gasteiger partial charge in [0.05, 0.1) is 17.5 Å². The lowest BCUT2D eigenvalue weighted by Gasteiger charge is -2.28. The Balaban J connectivity index is 1.80.